The molecule has 1 atom stereocenters. The van der Waals surface area contributed by atoms with Gasteiger partial charge in [-0.15, -0.1) is 11.3 Å². The highest BCUT2D eigenvalue weighted by Gasteiger charge is 2.27. The van der Waals surface area contributed by atoms with Crippen molar-refractivity contribution in [1.29, 1.82) is 10.5 Å². The summed E-state index contributed by atoms with van der Waals surface area (Å²) in [4.78, 5) is 21.3. The van der Waals surface area contributed by atoms with Gasteiger partial charge in [0.25, 0.3) is 0 Å². The van der Waals surface area contributed by atoms with E-state index < -0.39 is 0 Å². The van der Waals surface area contributed by atoms with E-state index in [1.807, 2.05) is 13.0 Å². The minimum Gasteiger partial charge on any atom is -0.316 e. The minimum absolute atomic E-state index is 0.139. The molecule has 0 bridgehead atoms. The molecule has 2 aliphatic rings. The van der Waals surface area contributed by atoms with Crippen LogP contribution >= 0.6 is 23.1 Å². The lowest BCUT2D eigenvalue weighted by atomic mass is 9.95. The van der Waals surface area contributed by atoms with E-state index in [1.165, 1.54) is 23.1 Å². The zero-order valence-corrected chi connectivity index (χ0v) is 19.5. The summed E-state index contributed by atoms with van der Waals surface area (Å²) >= 11 is 2.86. The summed E-state index contributed by atoms with van der Waals surface area (Å²) in [6, 6.07) is 6.51. The third-order valence-electron chi connectivity index (χ3n) is 5.90. The molecule has 0 saturated heterocycles. The third kappa shape index (κ3) is 4.48. The van der Waals surface area contributed by atoms with E-state index in [9.17, 15) is 15.3 Å². The van der Waals surface area contributed by atoms with Crippen LogP contribution in [0.5, 0.6) is 0 Å². The average molecular weight is 452 g/mol. The number of carbonyl (C=O) groups excluding carboxylic acids is 1. The lowest BCUT2D eigenvalue weighted by Crippen LogP contribution is -2.25. The molecule has 2 aromatic heterocycles. The van der Waals surface area contributed by atoms with Crippen LogP contribution in [0.3, 0.4) is 0 Å². The van der Waals surface area contributed by atoms with E-state index in [4.69, 9.17) is 4.98 Å². The molecule has 0 spiro atoms. The number of carbonyl (C=O) groups is 1. The number of likely N-dealkylation sites (N-methyl/N-ethyl adjacent to an activating group) is 1. The zero-order valence-electron chi connectivity index (χ0n) is 17.8. The number of pyridine rings is 1. The fourth-order valence-corrected chi connectivity index (χ4v) is 6.45. The van der Waals surface area contributed by atoms with Crippen LogP contribution in [0.1, 0.15) is 59.0 Å². The molecule has 8 heteroatoms. The van der Waals surface area contributed by atoms with E-state index in [0.29, 0.717) is 27.6 Å². The first-order valence-electron chi connectivity index (χ1n) is 10.7. The van der Waals surface area contributed by atoms with Crippen LogP contribution in [0.4, 0.5) is 5.00 Å². The number of nitrogens with one attached hydrogen (secondary N) is 1. The van der Waals surface area contributed by atoms with Crippen LogP contribution in [-0.2, 0) is 30.6 Å². The SMILES string of the molecule is CCC(Sc1nc2c(cc1C#N)CCCC2)C(=O)Nc1sc2c(c1C#N)CCN(C)C2. The lowest BCUT2D eigenvalue weighted by Gasteiger charge is -2.21. The van der Waals surface area contributed by atoms with Gasteiger partial charge in [0.2, 0.25) is 5.91 Å². The molecule has 6 nitrogen and oxygen atoms in total. The predicted octanol–water partition coefficient (Wildman–Crippen LogP) is 4.26. The third-order valence-corrected chi connectivity index (χ3v) is 8.40. The molecule has 1 aliphatic heterocycles. The van der Waals surface area contributed by atoms with Gasteiger partial charge in [-0.1, -0.05) is 18.7 Å². The molecule has 2 aromatic rings. The number of anilines is 1. The smallest absolute Gasteiger partial charge is 0.238 e. The quantitative estimate of drug-likeness (QED) is 0.683. The van der Waals surface area contributed by atoms with Crippen LogP contribution in [0, 0.1) is 22.7 Å². The Kier molecular flexibility index (Phi) is 6.62. The van der Waals surface area contributed by atoms with Gasteiger partial charge >= 0.3 is 0 Å². The van der Waals surface area contributed by atoms with Crippen molar-refractivity contribution >= 4 is 34.0 Å². The molecule has 3 heterocycles. The monoisotopic (exact) mass is 451 g/mol. The van der Waals surface area contributed by atoms with Gasteiger partial charge in [0.1, 0.15) is 22.2 Å². The number of rotatable bonds is 5. The first-order chi connectivity index (χ1) is 15.0. The van der Waals surface area contributed by atoms with E-state index in [-0.39, 0.29) is 11.2 Å². The molecule has 0 radical (unpaired) electrons. The van der Waals surface area contributed by atoms with Crippen molar-refractivity contribution in [3.8, 4) is 12.1 Å². The van der Waals surface area contributed by atoms with Crippen molar-refractivity contribution < 1.29 is 4.79 Å². The highest BCUT2D eigenvalue weighted by atomic mass is 32.2. The first-order valence-corrected chi connectivity index (χ1v) is 12.4. The van der Waals surface area contributed by atoms with Gasteiger partial charge in [0, 0.05) is 23.7 Å². The maximum Gasteiger partial charge on any atom is 0.238 e. The zero-order chi connectivity index (χ0) is 22.0. The lowest BCUT2D eigenvalue weighted by molar-refractivity contribution is -0.115. The van der Waals surface area contributed by atoms with Gasteiger partial charge < -0.3 is 10.2 Å². The number of hydrogen-bond acceptors (Lipinski definition) is 7. The summed E-state index contributed by atoms with van der Waals surface area (Å²) in [7, 11) is 2.06. The molecule has 0 saturated carbocycles. The van der Waals surface area contributed by atoms with E-state index in [1.54, 1.807) is 0 Å². The van der Waals surface area contributed by atoms with Gasteiger partial charge in [0.05, 0.1) is 16.4 Å². The second-order valence-corrected chi connectivity index (χ2v) is 10.4. The highest BCUT2D eigenvalue weighted by Crippen LogP contribution is 2.37. The molecule has 1 aliphatic carbocycles. The molecular formula is C23H25N5OS2. The number of aromatic nitrogens is 1. The van der Waals surface area contributed by atoms with Crippen LogP contribution in [0.2, 0.25) is 0 Å². The van der Waals surface area contributed by atoms with E-state index in [2.05, 4.69) is 29.4 Å². The highest BCUT2D eigenvalue weighted by molar-refractivity contribution is 8.00. The topological polar surface area (TPSA) is 92.8 Å². The van der Waals surface area contributed by atoms with Crippen LogP contribution in [0.15, 0.2) is 11.1 Å². The summed E-state index contributed by atoms with van der Waals surface area (Å²) in [5, 5.41) is 23.2. The fourth-order valence-electron chi connectivity index (χ4n) is 4.17. The van der Waals surface area contributed by atoms with Crippen molar-refractivity contribution in [2.75, 3.05) is 18.9 Å². The molecule has 31 heavy (non-hydrogen) atoms. The van der Waals surface area contributed by atoms with Gasteiger partial charge in [-0.3, -0.25) is 4.79 Å². The molecule has 1 unspecified atom stereocenters. The Balaban J connectivity index is 1.55. The average Bonchev–Trinajstić information content (AvgIpc) is 3.12. The largest absolute Gasteiger partial charge is 0.316 e. The van der Waals surface area contributed by atoms with Crippen molar-refractivity contribution in [2.45, 2.75) is 62.3 Å². The Hall–Kier alpha value is -2.39. The molecule has 0 fully saturated rings. The number of fused-ring (bicyclic) bond motifs is 2. The molecule has 4 rings (SSSR count). The Morgan fingerprint density at radius 1 is 1.32 bits per heavy atom. The number of hydrogen-bond donors (Lipinski definition) is 1. The van der Waals surface area contributed by atoms with Gasteiger partial charge in [-0.25, -0.2) is 4.98 Å². The Bertz CT molecular complexity index is 1090. The summed E-state index contributed by atoms with van der Waals surface area (Å²) < 4.78 is 0. The molecular weight excluding hydrogens is 426 g/mol. The van der Waals surface area contributed by atoms with E-state index >= 15 is 0 Å². The van der Waals surface area contributed by atoms with Gasteiger partial charge in [-0.2, -0.15) is 10.5 Å². The summed E-state index contributed by atoms with van der Waals surface area (Å²) in [5.41, 5.74) is 4.45. The number of thioether (sulfide) groups is 1. The number of nitriles is 2. The Morgan fingerprint density at radius 3 is 2.87 bits per heavy atom. The van der Waals surface area contributed by atoms with Gasteiger partial charge in [-0.05, 0) is 62.8 Å². The standard InChI is InChI=1S/C23H25N5OS2/c1-3-19(30-22-15(11-24)10-14-6-4-5-7-18(14)26-22)21(29)27-23-17(12-25)16-8-9-28(2)13-20(16)31-23/h10,19H,3-9,13H2,1-2H3,(H,27,29). The van der Waals surface area contributed by atoms with Gasteiger partial charge in [0.15, 0.2) is 0 Å². The van der Waals surface area contributed by atoms with E-state index in [0.717, 1.165) is 66.9 Å². The van der Waals surface area contributed by atoms with Crippen LogP contribution in [-0.4, -0.2) is 34.6 Å². The van der Waals surface area contributed by atoms with Crippen molar-refractivity contribution in [2.24, 2.45) is 0 Å². The predicted molar refractivity (Wildman–Crippen MR) is 123 cm³/mol. The summed E-state index contributed by atoms with van der Waals surface area (Å²) in [6.45, 7) is 3.68. The second-order valence-electron chi connectivity index (χ2n) is 8.08. The second kappa shape index (κ2) is 9.40. The Labute approximate surface area is 191 Å². The maximum absolute atomic E-state index is 13.1. The van der Waals surface area contributed by atoms with Crippen LogP contribution < -0.4 is 5.32 Å². The Morgan fingerprint density at radius 2 is 2.13 bits per heavy atom. The first kappa shape index (κ1) is 21.8. The van der Waals surface area contributed by atoms with Crippen LogP contribution in [0.25, 0.3) is 0 Å². The number of thiophene rings is 1. The van der Waals surface area contributed by atoms with Crippen molar-refractivity contribution in [3.63, 3.8) is 0 Å². The summed E-state index contributed by atoms with van der Waals surface area (Å²) in [5.74, 6) is -0.139. The normalized spacial score (nSPS) is 16.5. The van der Waals surface area contributed by atoms with Crippen molar-refractivity contribution in [1.82, 2.24) is 9.88 Å². The molecule has 1 amide bonds. The molecule has 160 valence electrons. The molecule has 0 aromatic carbocycles. The molecule has 1 N–H and O–H groups in total. The number of amides is 1. The number of aryl methyl sites for hydroxylation is 2. The fraction of sp³-hybridized carbons (Fsp3) is 0.478. The summed E-state index contributed by atoms with van der Waals surface area (Å²) in [6.07, 6.45) is 5.58. The van der Waals surface area contributed by atoms with Crippen molar-refractivity contribution in [3.05, 3.63) is 38.9 Å². The minimum atomic E-state index is -0.380. The number of nitrogens with zero attached hydrogens (tertiary/aromatic N) is 4. The maximum atomic E-state index is 13.1.